The number of ether oxygens (including phenoxy) is 4. The Balaban J connectivity index is 2.15. The third-order valence-electron chi connectivity index (χ3n) is 7.71. The van der Waals surface area contributed by atoms with Crippen LogP contribution < -0.4 is 0 Å². The van der Waals surface area contributed by atoms with Gasteiger partial charge < -0.3 is 31.9 Å². The average Bonchev–Trinajstić information content (AvgIpc) is 3.43. The van der Waals surface area contributed by atoms with Gasteiger partial charge >= 0.3 is 29.1 Å². The summed E-state index contributed by atoms with van der Waals surface area (Å²) in [6.07, 6.45) is -1.16. The monoisotopic (exact) mass is 572 g/mol. The summed E-state index contributed by atoms with van der Waals surface area (Å²) in [5.74, 6) is -1.50. The second-order valence-corrected chi connectivity index (χ2v) is 20.0. The second kappa shape index (κ2) is 11.9. The molecule has 13 heteroatoms. The molecule has 1 aromatic rings. The summed E-state index contributed by atoms with van der Waals surface area (Å²) in [7, 11) is -1.67. The SMILES string of the molecule is COC(=O)c1ncn([C@@H]2O[C@@H]3CO[Si](C(C)C)(C(C)C)O[Si](C(C)C)(C(C)C)O[C@H]3[C@H]2OC)c1C(=O)OC. The summed E-state index contributed by atoms with van der Waals surface area (Å²) in [5, 5.41) is 0. The van der Waals surface area contributed by atoms with Gasteiger partial charge in [0.2, 0.25) is 0 Å². The number of nitrogens with zero attached hydrogens (tertiary/aromatic N) is 2. The highest BCUT2D eigenvalue weighted by Crippen LogP contribution is 2.48. The van der Waals surface area contributed by atoms with E-state index in [1.54, 1.807) is 7.11 Å². The van der Waals surface area contributed by atoms with Crippen LogP contribution >= 0.6 is 0 Å². The Hall–Kier alpha value is -1.62. The zero-order valence-electron chi connectivity index (χ0n) is 24.5. The van der Waals surface area contributed by atoms with E-state index in [1.807, 2.05) is 0 Å². The third-order valence-corrected chi connectivity index (χ3v) is 18.0. The van der Waals surface area contributed by atoms with E-state index in [0.29, 0.717) is 0 Å². The minimum absolute atomic E-state index is 0.0813. The molecule has 2 saturated heterocycles. The molecule has 0 N–H and O–H groups in total. The Kier molecular flexibility index (Phi) is 9.65. The number of carbonyl (C=O) groups excluding carboxylic acids is 2. The fourth-order valence-corrected chi connectivity index (χ4v) is 16.9. The Labute approximate surface area is 227 Å². The van der Waals surface area contributed by atoms with Crippen molar-refractivity contribution in [3.05, 3.63) is 17.7 Å². The lowest BCUT2D eigenvalue weighted by atomic mass is 10.1. The van der Waals surface area contributed by atoms with Crippen LogP contribution in [0.1, 0.15) is 82.6 Å². The summed E-state index contributed by atoms with van der Waals surface area (Å²) in [4.78, 5) is 29.3. The summed E-state index contributed by atoms with van der Waals surface area (Å²) >= 11 is 0. The van der Waals surface area contributed by atoms with Crippen LogP contribution in [0.4, 0.5) is 0 Å². The summed E-state index contributed by atoms with van der Waals surface area (Å²) < 4.78 is 44.9. The Morgan fingerprint density at radius 2 is 1.47 bits per heavy atom. The molecule has 0 amide bonds. The molecular formula is C25H44N2O9Si2. The van der Waals surface area contributed by atoms with Crippen molar-refractivity contribution in [3.63, 3.8) is 0 Å². The summed E-state index contributed by atoms with van der Waals surface area (Å²) in [5.41, 5.74) is 0.365. The van der Waals surface area contributed by atoms with Crippen LogP contribution in [-0.2, 0) is 31.9 Å². The van der Waals surface area contributed by atoms with Gasteiger partial charge in [0, 0.05) is 7.11 Å². The molecule has 0 radical (unpaired) electrons. The first-order valence-corrected chi connectivity index (χ1v) is 17.2. The molecular weight excluding hydrogens is 528 g/mol. The van der Waals surface area contributed by atoms with Crippen molar-refractivity contribution < 1.29 is 41.5 Å². The minimum atomic E-state index is -2.93. The van der Waals surface area contributed by atoms with E-state index in [0.717, 1.165) is 0 Å². The summed E-state index contributed by atoms with van der Waals surface area (Å²) in [6, 6.07) is 0. The predicted octanol–water partition coefficient (Wildman–Crippen LogP) is 4.33. The lowest BCUT2D eigenvalue weighted by Crippen LogP contribution is -2.65. The largest absolute Gasteiger partial charge is 0.464 e. The van der Waals surface area contributed by atoms with Gasteiger partial charge in [0.05, 0.1) is 27.2 Å². The first-order chi connectivity index (χ1) is 17.8. The molecule has 0 aliphatic carbocycles. The van der Waals surface area contributed by atoms with Crippen molar-refractivity contribution in [2.75, 3.05) is 27.9 Å². The zero-order chi connectivity index (χ0) is 28.6. The number of methoxy groups -OCH3 is 3. The molecule has 2 aliphatic heterocycles. The van der Waals surface area contributed by atoms with Crippen LogP contribution in [0.2, 0.25) is 22.2 Å². The van der Waals surface area contributed by atoms with E-state index in [-0.39, 0.29) is 40.2 Å². The standard InChI is InChI=1S/C25H44N2O9Si2/c1-14(2)37(15(3)4)33-12-18-21(35-38(36-37,16(5)6)17(7)8)22(30-9)23(34-18)27-13-26-19(24(28)31-10)20(27)25(29)32-11/h13-18,21-23H,12H2,1-11H3/t18-,21-,22-,23-/m1/s1. The first kappa shape index (κ1) is 30.9. The normalized spacial score (nSPS) is 26.9. The molecule has 0 aromatic carbocycles. The van der Waals surface area contributed by atoms with Crippen LogP contribution in [0.15, 0.2) is 6.33 Å². The highest BCUT2D eigenvalue weighted by Gasteiger charge is 2.62. The number of rotatable bonds is 8. The molecule has 38 heavy (non-hydrogen) atoms. The molecule has 0 saturated carbocycles. The van der Waals surface area contributed by atoms with Crippen molar-refractivity contribution in [2.24, 2.45) is 0 Å². The molecule has 4 atom stereocenters. The van der Waals surface area contributed by atoms with E-state index in [9.17, 15) is 9.59 Å². The lowest BCUT2D eigenvalue weighted by molar-refractivity contribution is -0.0629. The highest BCUT2D eigenvalue weighted by molar-refractivity contribution is 6.84. The molecule has 3 rings (SSSR count). The van der Waals surface area contributed by atoms with E-state index < -0.39 is 53.6 Å². The molecule has 2 fully saturated rings. The third kappa shape index (κ3) is 5.14. The zero-order valence-corrected chi connectivity index (χ0v) is 26.5. The van der Waals surface area contributed by atoms with Gasteiger partial charge in [0.15, 0.2) is 17.6 Å². The van der Waals surface area contributed by atoms with E-state index >= 15 is 0 Å². The fraction of sp³-hybridized carbons (Fsp3) is 0.800. The van der Waals surface area contributed by atoms with Gasteiger partial charge in [0.1, 0.15) is 18.3 Å². The summed E-state index contributed by atoms with van der Waals surface area (Å²) in [6.45, 7) is 17.5. The number of hydrogen-bond donors (Lipinski definition) is 0. The van der Waals surface area contributed by atoms with Gasteiger partial charge in [-0.1, -0.05) is 55.4 Å². The molecule has 2 aliphatic rings. The number of fused-ring (bicyclic) bond motifs is 1. The molecule has 11 nitrogen and oxygen atoms in total. The fourth-order valence-electron chi connectivity index (χ4n) is 5.70. The second-order valence-electron chi connectivity index (χ2n) is 11.2. The predicted molar refractivity (Wildman–Crippen MR) is 143 cm³/mol. The van der Waals surface area contributed by atoms with Crippen molar-refractivity contribution in [3.8, 4) is 0 Å². The topological polar surface area (TPSA) is 117 Å². The van der Waals surface area contributed by atoms with Crippen molar-refractivity contribution in [2.45, 2.75) is 102 Å². The van der Waals surface area contributed by atoms with Gasteiger partial charge in [0.25, 0.3) is 0 Å². The molecule has 0 spiro atoms. The Morgan fingerprint density at radius 1 is 0.921 bits per heavy atom. The lowest BCUT2D eigenvalue weighted by Gasteiger charge is -2.51. The molecule has 216 valence electrons. The molecule has 0 unspecified atom stereocenters. The van der Waals surface area contributed by atoms with Crippen molar-refractivity contribution in [1.29, 1.82) is 0 Å². The number of hydrogen-bond acceptors (Lipinski definition) is 10. The molecule has 3 heterocycles. The van der Waals surface area contributed by atoms with Gasteiger partial charge in [-0.3, -0.25) is 4.57 Å². The quantitative estimate of drug-likeness (QED) is 0.329. The maximum absolute atomic E-state index is 12.8. The van der Waals surface area contributed by atoms with Crippen LogP contribution in [0.3, 0.4) is 0 Å². The minimum Gasteiger partial charge on any atom is -0.464 e. The van der Waals surface area contributed by atoms with Gasteiger partial charge in [-0.15, -0.1) is 0 Å². The maximum Gasteiger partial charge on any atom is 0.359 e. The first-order valence-electron chi connectivity index (χ1n) is 13.2. The van der Waals surface area contributed by atoms with Gasteiger partial charge in [-0.05, 0) is 22.2 Å². The van der Waals surface area contributed by atoms with Crippen LogP contribution in [0, 0.1) is 0 Å². The van der Waals surface area contributed by atoms with Crippen molar-refractivity contribution in [1.82, 2.24) is 9.55 Å². The molecule has 0 bridgehead atoms. The smallest absolute Gasteiger partial charge is 0.359 e. The van der Waals surface area contributed by atoms with E-state index in [1.165, 1.54) is 25.1 Å². The number of imidazole rings is 1. The van der Waals surface area contributed by atoms with Crippen LogP contribution in [0.5, 0.6) is 0 Å². The Bertz CT molecular complexity index is 981. The maximum atomic E-state index is 12.8. The van der Waals surface area contributed by atoms with Crippen LogP contribution in [-0.4, -0.2) is 84.9 Å². The highest BCUT2D eigenvalue weighted by atomic mass is 28.5. The number of carbonyl (C=O) groups is 2. The van der Waals surface area contributed by atoms with Gasteiger partial charge in [-0.25, -0.2) is 14.6 Å². The average molecular weight is 573 g/mol. The van der Waals surface area contributed by atoms with Crippen LogP contribution in [0.25, 0.3) is 0 Å². The Morgan fingerprint density at radius 3 is 1.95 bits per heavy atom. The number of esters is 2. The van der Waals surface area contributed by atoms with Crippen molar-refractivity contribution >= 4 is 29.1 Å². The van der Waals surface area contributed by atoms with Gasteiger partial charge in [-0.2, -0.15) is 0 Å². The van der Waals surface area contributed by atoms with E-state index in [2.05, 4.69) is 60.4 Å². The molecule has 1 aromatic heterocycles. The van der Waals surface area contributed by atoms with E-state index in [4.69, 9.17) is 31.9 Å². The number of aromatic nitrogens is 2.